The number of nitrogens with one attached hydrogen (secondary N) is 1. The third-order valence-electron chi connectivity index (χ3n) is 3.59. The van der Waals surface area contributed by atoms with Crippen LogP contribution in [0, 0.1) is 5.82 Å². The summed E-state index contributed by atoms with van der Waals surface area (Å²) in [4.78, 5) is 13.9. The maximum Gasteiger partial charge on any atom is 0.255 e. The number of nitrogens with zero attached hydrogens (tertiary/aromatic N) is 3. The maximum atomic E-state index is 13.9. The van der Waals surface area contributed by atoms with Gasteiger partial charge < -0.3 is 10.2 Å². The molecular weight excluding hydrogens is 283 g/mol. The zero-order chi connectivity index (χ0) is 16.3. The minimum atomic E-state index is -0.299. The summed E-state index contributed by atoms with van der Waals surface area (Å²) in [5.74, 6) is -0.491. The molecule has 0 bridgehead atoms. The van der Waals surface area contributed by atoms with Gasteiger partial charge in [-0.2, -0.15) is 5.10 Å². The van der Waals surface area contributed by atoms with Crippen LogP contribution in [0.2, 0.25) is 0 Å². The van der Waals surface area contributed by atoms with Crippen molar-refractivity contribution in [3.05, 3.63) is 47.0 Å². The lowest BCUT2D eigenvalue weighted by molar-refractivity contribution is 0.0950. The summed E-state index contributed by atoms with van der Waals surface area (Å²) in [6.07, 6.45) is 2.29. The Hall–Kier alpha value is -2.37. The van der Waals surface area contributed by atoms with Crippen LogP contribution in [0.15, 0.2) is 24.4 Å². The quantitative estimate of drug-likeness (QED) is 0.920. The van der Waals surface area contributed by atoms with Gasteiger partial charge in [-0.25, -0.2) is 4.39 Å². The average molecular weight is 304 g/mol. The van der Waals surface area contributed by atoms with Crippen molar-refractivity contribution in [2.45, 2.75) is 19.9 Å². The van der Waals surface area contributed by atoms with E-state index in [-0.39, 0.29) is 18.3 Å². The molecule has 1 aromatic carbocycles. The summed E-state index contributed by atoms with van der Waals surface area (Å²) in [7, 11) is 5.38. The van der Waals surface area contributed by atoms with Crippen LogP contribution in [0.3, 0.4) is 0 Å². The number of aromatic nitrogens is 2. The topological polar surface area (TPSA) is 50.2 Å². The van der Waals surface area contributed by atoms with E-state index >= 15 is 0 Å². The van der Waals surface area contributed by atoms with Crippen LogP contribution in [-0.4, -0.2) is 29.8 Å². The number of hydrogen-bond donors (Lipinski definition) is 1. The van der Waals surface area contributed by atoms with Gasteiger partial charge in [0.15, 0.2) is 0 Å². The van der Waals surface area contributed by atoms with E-state index < -0.39 is 0 Å². The number of rotatable bonds is 5. The first kappa shape index (κ1) is 16.0. The average Bonchev–Trinajstić information content (AvgIpc) is 2.85. The molecule has 0 radical (unpaired) electrons. The predicted octanol–water partition coefficient (Wildman–Crippen LogP) is 2.12. The van der Waals surface area contributed by atoms with E-state index in [1.54, 1.807) is 35.9 Å². The number of halogens is 1. The van der Waals surface area contributed by atoms with Gasteiger partial charge in [0.2, 0.25) is 0 Å². The Balaban J connectivity index is 2.06. The SMILES string of the molecule is CCc1c(C(=O)NCc2ccc(N(C)C)c(F)c2)cnn1C. The van der Waals surface area contributed by atoms with Gasteiger partial charge in [-0.1, -0.05) is 13.0 Å². The minimum Gasteiger partial charge on any atom is -0.375 e. The van der Waals surface area contributed by atoms with Crippen molar-refractivity contribution < 1.29 is 9.18 Å². The molecule has 2 aromatic rings. The van der Waals surface area contributed by atoms with Gasteiger partial charge in [0.05, 0.1) is 23.1 Å². The van der Waals surface area contributed by atoms with Crippen LogP contribution in [0.1, 0.15) is 28.5 Å². The molecular formula is C16H21FN4O. The molecule has 0 aliphatic heterocycles. The summed E-state index contributed by atoms with van der Waals surface area (Å²) in [5.41, 5.74) is 2.69. The normalized spacial score (nSPS) is 10.6. The zero-order valence-corrected chi connectivity index (χ0v) is 13.4. The molecule has 6 heteroatoms. The van der Waals surface area contributed by atoms with Gasteiger partial charge in [0.25, 0.3) is 5.91 Å². The molecule has 22 heavy (non-hydrogen) atoms. The van der Waals surface area contributed by atoms with E-state index in [9.17, 15) is 9.18 Å². The molecule has 118 valence electrons. The summed E-state index contributed by atoms with van der Waals surface area (Å²) in [5, 5.41) is 6.91. The number of carbonyl (C=O) groups excluding carboxylic acids is 1. The first-order valence-corrected chi connectivity index (χ1v) is 7.18. The molecule has 1 amide bonds. The molecule has 0 atom stereocenters. The monoisotopic (exact) mass is 304 g/mol. The molecule has 0 saturated heterocycles. The molecule has 0 aliphatic rings. The zero-order valence-electron chi connectivity index (χ0n) is 13.4. The molecule has 0 saturated carbocycles. The van der Waals surface area contributed by atoms with Gasteiger partial charge in [-0.05, 0) is 24.1 Å². The summed E-state index contributed by atoms with van der Waals surface area (Å²) in [6.45, 7) is 2.25. The number of amides is 1. The second-order valence-electron chi connectivity index (χ2n) is 5.34. The Kier molecular flexibility index (Phi) is 4.80. The van der Waals surface area contributed by atoms with Crippen molar-refractivity contribution >= 4 is 11.6 Å². The van der Waals surface area contributed by atoms with E-state index in [4.69, 9.17) is 0 Å². The smallest absolute Gasteiger partial charge is 0.255 e. The molecule has 0 unspecified atom stereocenters. The Morgan fingerprint density at radius 2 is 2.14 bits per heavy atom. The van der Waals surface area contributed by atoms with E-state index in [1.165, 1.54) is 6.07 Å². The lowest BCUT2D eigenvalue weighted by Gasteiger charge is -2.14. The standard InChI is InChI=1S/C16H21FN4O/c1-5-14-12(10-19-21(14)4)16(22)18-9-11-6-7-15(20(2)3)13(17)8-11/h6-8,10H,5,9H2,1-4H3,(H,18,22). The van der Waals surface area contributed by atoms with Crippen LogP contribution in [0.5, 0.6) is 0 Å². The van der Waals surface area contributed by atoms with Gasteiger partial charge in [0.1, 0.15) is 5.82 Å². The molecule has 5 nitrogen and oxygen atoms in total. The molecule has 1 heterocycles. The Morgan fingerprint density at radius 3 is 2.73 bits per heavy atom. The fourth-order valence-electron chi connectivity index (χ4n) is 2.37. The number of carbonyl (C=O) groups is 1. The highest BCUT2D eigenvalue weighted by atomic mass is 19.1. The van der Waals surface area contributed by atoms with Crippen LogP contribution < -0.4 is 10.2 Å². The first-order valence-electron chi connectivity index (χ1n) is 7.18. The number of benzene rings is 1. The Morgan fingerprint density at radius 1 is 1.41 bits per heavy atom. The fraction of sp³-hybridized carbons (Fsp3) is 0.375. The van der Waals surface area contributed by atoms with Crippen LogP contribution in [-0.2, 0) is 20.0 Å². The number of hydrogen-bond acceptors (Lipinski definition) is 3. The molecule has 1 aromatic heterocycles. The van der Waals surface area contributed by atoms with Crippen molar-refractivity contribution in [1.82, 2.24) is 15.1 Å². The van der Waals surface area contributed by atoms with Gasteiger partial charge in [0, 0.05) is 27.7 Å². The molecule has 0 aliphatic carbocycles. The van der Waals surface area contributed by atoms with Crippen LogP contribution >= 0.6 is 0 Å². The van der Waals surface area contributed by atoms with Crippen molar-refractivity contribution in [3.8, 4) is 0 Å². The Bertz CT molecular complexity index is 679. The molecule has 0 spiro atoms. The van der Waals surface area contributed by atoms with Gasteiger partial charge in [-0.3, -0.25) is 9.48 Å². The summed E-state index contributed by atoms with van der Waals surface area (Å²) >= 11 is 0. The van der Waals surface area contributed by atoms with Crippen molar-refractivity contribution in [3.63, 3.8) is 0 Å². The van der Waals surface area contributed by atoms with E-state index in [2.05, 4.69) is 10.4 Å². The fourth-order valence-corrected chi connectivity index (χ4v) is 2.37. The maximum absolute atomic E-state index is 13.9. The van der Waals surface area contributed by atoms with Crippen LogP contribution in [0.25, 0.3) is 0 Å². The number of anilines is 1. The second-order valence-corrected chi connectivity index (χ2v) is 5.34. The van der Waals surface area contributed by atoms with E-state index in [0.717, 1.165) is 17.7 Å². The lowest BCUT2D eigenvalue weighted by atomic mass is 10.1. The minimum absolute atomic E-state index is 0.193. The number of aryl methyl sites for hydroxylation is 1. The van der Waals surface area contributed by atoms with Crippen molar-refractivity contribution in [2.24, 2.45) is 7.05 Å². The second kappa shape index (κ2) is 6.60. The highest BCUT2D eigenvalue weighted by Gasteiger charge is 2.14. The lowest BCUT2D eigenvalue weighted by Crippen LogP contribution is -2.24. The molecule has 1 N–H and O–H groups in total. The summed E-state index contributed by atoms with van der Waals surface area (Å²) < 4.78 is 15.6. The highest BCUT2D eigenvalue weighted by molar-refractivity contribution is 5.95. The van der Waals surface area contributed by atoms with Gasteiger partial charge in [-0.15, -0.1) is 0 Å². The molecule has 2 rings (SSSR count). The largest absolute Gasteiger partial charge is 0.375 e. The van der Waals surface area contributed by atoms with E-state index in [1.807, 2.05) is 20.0 Å². The molecule has 0 fully saturated rings. The third kappa shape index (κ3) is 3.27. The van der Waals surface area contributed by atoms with E-state index in [0.29, 0.717) is 11.3 Å². The Labute approximate surface area is 129 Å². The summed E-state index contributed by atoms with van der Waals surface area (Å²) in [6, 6.07) is 4.96. The predicted molar refractivity (Wildman–Crippen MR) is 84.5 cm³/mol. The van der Waals surface area contributed by atoms with Crippen molar-refractivity contribution in [1.29, 1.82) is 0 Å². The first-order chi connectivity index (χ1) is 10.4. The van der Waals surface area contributed by atoms with Crippen LogP contribution in [0.4, 0.5) is 10.1 Å². The van der Waals surface area contributed by atoms with Crippen molar-refractivity contribution in [2.75, 3.05) is 19.0 Å². The highest BCUT2D eigenvalue weighted by Crippen LogP contribution is 2.18. The third-order valence-corrected chi connectivity index (χ3v) is 3.59. The van der Waals surface area contributed by atoms with Gasteiger partial charge >= 0.3 is 0 Å².